The molecule has 0 bridgehead atoms. The molecule has 1 aliphatic rings. The van der Waals surface area contributed by atoms with Gasteiger partial charge < -0.3 is 15.4 Å². The molecule has 2 aromatic carbocycles. The topological polar surface area (TPSA) is 128 Å². The highest BCUT2D eigenvalue weighted by Crippen LogP contribution is 2.32. The first-order valence-electron chi connectivity index (χ1n) is 8.54. The number of fused-ring (bicyclic) bond motifs is 1. The summed E-state index contributed by atoms with van der Waals surface area (Å²) in [7, 11) is 0. The second-order valence-corrected chi connectivity index (χ2v) is 7.35. The van der Waals surface area contributed by atoms with Crippen molar-refractivity contribution in [3.63, 3.8) is 0 Å². The van der Waals surface area contributed by atoms with Crippen LogP contribution in [0.3, 0.4) is 0 Å². The SMILES string of the molecule is Cc1ccc([N+](=O)[O-])c(NC(=O)COC(=O)c2ccc3c(c2)NC(=O)CS3)c1C. The Balaban J connectivity index is 1.67. The number of ether oxygens (including phenoxy) is 1. The lowest BCUT2D eigenvalue weighted by molar-refractivity contribution is -0.384. The molecule has 1 aliphatic heterocycles. The number of nitro groups is 1. The highest BCUT2D eigenvalue weighted by atomic mass is 32.2. The van der Waals surface area contributed by atoms with Crippen LogP contribution < -0.4 is 10.6 Å². The lowest BCUT2D eigenvalue weighted by Gasteiger charge is -2.16. The van der Waals surface area contributed by atoms with E-state index in [1.54, 1.807) is 32.0 Å². The van der Waals surface area contributed by atoms with Crippen LogP contribution in [0.5, 0.6) is 0 Å². The van der Waals surface area contributed by atoms with Gasteiger partial charge in [-0.05, 0) is 43.2 Å². The third-order valence-corrected chi connectivity index (χ3v) is 5.43. The number of esters is 1. The van der Waals surface area contributed by atoms with Gasteiger partial charge >= 0.3 is 5.97 Å². The van der Waals surface area contributed by atoms with E-state index in [9.17, 15) is 24.5 Å². The van der Waals surface area contributed by atoms with Crippen LogP contribution in [0.1, 0.15) is 21.5 Å². The highest BCUT2D eigenvalue weighted by molar-refractivity contribution is 8.00. The van der Waals surface area contributed by atoms with Gasteiger partial charge in [-0.2, -0.15) is 0 Å². The van der Waals surface area contributed by atoms with Crippen molar-refractivity contribution in [1.82, 2.24) is 0 Å². The number of carbonyl (C=O) groups excluding carboxylic acids is 3. The molecule has 9 nitrogen and oxygen atoms in total. The number of amides is 2. The standard InChI is InChI=1S/C19H17N3O6S/c1-10-3-5-14(22(26)27)18(11(10)2)21-16(23)8-28-19(25)12-4-6-15-13(7-12)20-17(24)9-29-15/h3-7H,8-9H2,1-2H3,(H,20,24)(H,21,23). The molecule has 2 amide bonds. The van der Waals surface area contributed by atoms with Gasteiger partial charge in [0, 0.05) is 11.0 Å². The van der Waals surface area contributed by atoms with Gasteiger partial charge in [-0.3, -0.25) is 19.7 Å². The Labute approximate surface area is 170 Å². The molecular formula is C19H17N3O6S. The number of benzene rings is 2. The highest BCUT2D eigenvalue weighted by Gasteiger charge is 2.21. The smallest absolute Gasteiger partial charge is 0.338 e. The fourth-order valence-electron chi connectivity index (χ4n) is 2.71. The molecule has 0 aliphatic carbocycles. The third-order valence-electron chi connectivity index (χ3n) is 4.36. The Morgan fingerprint density at radius 2 is 2.03 bits per heavy atom. The maximum absolute atomic E-state index is 12.2. The van der Waals surface area contributed by atoms with Crippen LogP contribution in [0.2, 0.25) is 0 Å². The van der Waals surface area contributed by atoms with Crippen molar-refractivity contribution < 1.29 is 24.0 Å². The van der Waals surface area contributed by atoms with E-state index in [0.717, 1.165) is 10.5 Å². The molecule has 0 aromatic heterocycles. The van der Waals surface area contributed by atoms with E-state index in [1.807, 2.05) is 0 Å². The van der Waals surface area contributed by atoms with Crippen molar-refractivity contribution in [2.45, 2.75) is 18.7 Å². The number of nitrogens with zero attached hydrogens (tertiary/aromatic N) is 1. The Bertz CT molecular complexity index is 1040. The van der Waals surface area contributed by atoms with Gasteiger partial charge in [0.25, 0.3) is 11.6 Å². The minimum atomic E-state index is -0.747. The van der Waals surface area contributed by atoms with E-state index in [0.29, 0.717) is 17.0 Å². The first-order chi connectivity index (χ1) is 13.8. The number of carbonyl (C=O) groups is 3. The van der Waals surface area contributed by atoms with Gasteiger partial charge in [0.1, 0.15) is 5.69 Å². The van der Waals surface area contributed by atoms with Crippen molar-refractivity contribution in [3.05, 3.63) is 57.1 Å². The molecule has 2 N–H and O–H groups in total. The van der Waals surface area contributed by atoms with Crippen LogP contribution >= 0.6 is 11.8 Å². The Morgan fingerprint density at radius 3 is 2.76 bits per heavy atom. The summed E-state index contributed by atoms with van der Waals surface area (Å²) in [5.41, 5.74) is 1.85. The number of hydrogen-bond donors (Lipinski definition) is 2. The second kappa shape index (κ2) is 8.31. The first-order valence-corrected chi connectivity index (χ1v) is 9.53. The van der Waals surface area contributed by atoms with Gasteiger partial charge in [-0.15, -0.1) is 11.8 Å². The van der Waals surface area contributed by atoms with Crippen molar-refractivity contribution >= 4 is 46.6 Å². The van der Waals surface area contributed by atoms with Crippen LogP contribution in [-0.2, 0) is 14.3 Å². The summed E-state index contributed by atoms with van der Waals surface area (Å²) in [6.07, 6.45) is 0. The molecule has 0 spiro atoms. The molecule has 0 atom stereocenters. The van der Waals surface area contributed by atoms with Crippen LogP contribution in [0, 0.1) is 24.0 Å². The number of hydrogen-bond acceptors (Lipinski definition) is 7. The maximum atomic E-state index is 12.2. The van der Waals surface area contributed by atoms with E-state index in [2.05, 4.69) is 10.6 Å². The van der Waals surface area contributed by atoms with Crippen molar-refractivity contribution in [3.8, 4) is 0 Å². The Kier molecular flexibility index (Phi) is 5.83. The molecule has 0 radical (unpaired) electrons. The fraction of sp³-hybridized carbons (Fsp3) is 0.211. The summed E-state index contributed by atoms with van der Waals surface area (Å²) in [6.45, 7) is 2.81. The molecular weight excluding hydrogens is 398 g/mol. The van der Waals surface area contributed by atoms with E-state index in [1.165, 1.54) is 23.9 Å². The predicted molar refractivity (Wildman–Crippen MR) is 107 cm³/mol. The fourth-order valence-corrected chi connectivity index (χ4v) is 3.50. The number of rotatable bonds is 5. The van der Waals surface area contributed by atoms with Crippen LogP contribution in [0.4, 0.5) is 17.1 Å². The minimum absolute atomic E-state index is 0.0737. The lowest BCUT2D eigenvalue weighted by Crippen LogP contribution is -2.22. The monoisotopic (exact) mass is 415 g/mol. The van der Waals surface area contributed by atoms with Gasteiger partial charge in [-0.1, -0.05) is 6.07 Å². The van der Waals surface area contributed by atoms with Crippen LogP contribution in [0.15, 0.2) is 35.2 Å². The van der Waals surface area contributed by atoms with Crippen molar-refractivity contribution in [1.29, 1.82) is 0 Å². The minimum Gasteiger partial charge on any atom is -0.452 e. The van der Waals surface area contributed by atoms with E-state index in [-0.39, 0.29) is 22.8 Å². The van der Waals surface area contributed by atoms with Gasteiger partial charge in [0.05, 0.1) is 21.9 Å². The maximum Gasteiger partial charge on any atom is 0.338 e. The average Bonchev–Trinajstić information content (AvgIpc) is 2.68. The molecule has 150 valence electrons. The van der Waals surface area contributed by atoms with Crippen molar-refractivity contribution in [2.75, 3.05) is 23.0 Å². The number of aryl methyl sites for hydroxylation is 1. The number of thioether (sulfide) groups is 1. The molecule has 1 heterocycles. The molecule has 0 unspecified atom stereocenters. The first kappa shape index (κ1) is 20.3. The molecule has 29 heavy (non-hydrogen) atoms. The number of nitrogens with one attached hydrogen (secondary N) is 2. The third kappa shape index (κ3) is 4.54. The van der Waals surface area contributed by atoms with Crippen molar-refractivity contribution in [2.24, 2.45) is 0 Å². The Morgan fingerprint density at radius 1 is 1.28 bits per heavy atom. The van der Waals surface area contributed by atoms with Gasteiger partial charge in [-0.25, -0.2) is 4.79 Å². The van der Waals surface area contributed by atoms with Crippen LogP contribution in [0.25, 0.3) is 0 Å². The Hall–Kier alpha value is -3.40. The molecule has 0 saturated carbocycles. The number of nitro benzene ring substituents is 1. The summed E-state index contributed by atoms with van der Waals surface area (Å²) in [5, 5.41) is 16.3. The van der Waals surface area contributed by atoms with E-state index in [4.69, 9.17) is 4.74 Å². The normalized spacial score (nSPS) is 12.6. The lowest BCUT2D eigenvalue weighted by atomic mass is 10.1. The second-order valence-electron chi connectivity index (χ2n) is 6.33. The molecule has 3 rings (SSSR count). The summed E-state index contributed by atoms with van der Waals surface area (Å²) < 4.78 is 5.01. The summed E-state index contributed by atoms with van der Waals surface area (Å²) in [5.74, 6) is -1.30. The molecule has 10 heteroatoms. The molecule has 0 fully saturated rings. The zero-order chi connectivity index (χ0) is 21.1. The number of anilines is 2. The summed E-state index contributed by atoms with van der Waals surface area (Å²) >= 11 is 1.36. The quantitative estimate of drug-likeness (QED) is 0.436. The zero-order valence-electron chi connectivity index (χ0n) is 15.6. The van der Waals surface area contributed by atoms with E-state index >= 15 is 0 Å². The molecule has 0 saturated heterocycles. The van der Waals surface area contributed by atoms with E-state index < -0.39 is 23.4 Å². The largest absolute Gasteiger partial charge is 0.452 e. The van der Waals surface area contributed by atoms with Gasteiger partial charge in [0.2, 0.25) is 5.91 Å². The molecule has 2 aromatic rings. The van der Waals surface area contributed by atoms with Gasteiger partial charge in [0.15, 0.2) is 6.61 Å². The predicted octanol–water partition coefficient (Wildman–Crippen LogP) is 3.05. The van der Waals surface area contributed by atoms with Crippen LogP contribution in [-0.4, -0.2) is 35.1 Å². The summed E-state index contributed by atoms with van der Waals surface area (Å²) in [6, 6.07) is 7.61. The summed E-state index contributed by atoms with van der Waals surface area (Å²) in [4.78, 5) is 47.3. The average molecular weight is 415 g/mol. The zero-order valence-corrected chi connectivity index (χ0v) is 16.4.